The highest BCUT2D eigenvalue weighted by atomic mass is 127. The number of aliphatic hydroxyl groups is 1. The Hall–Kier alpha value is -0.160. The van der Waals surface area contributed by atoms with E-state index < -0.39 is 0 Å². The highest BCUT2D eigenvalue weighted by molar-refractivity contribution is 14.1. The smallest absolute Gasteiger partial charge is 0.178 e. The second-order valence-corrected chi connectivity index (χ2v) is 9.05. The topological polar surface area (TPSA) is 37.3 Å². The highest BCUT2D eigenvalue weighted by Gasteiger charge is 2.56. The Kier molecular flexibility index (Phi) is 3.15. The first-order valence-corrected chi connectivity index (χ1v) is 8.97. The summed E-state index contributed by atoms with van der Waals surface area (Å²) in [5, 5.41) is 10.4. The molecule has 2 nitrogen and oxygen atoms in total. The van der Waals surface area contributed by atoms with Crippen LogP contribution in [0.4, 0.5) is 0 Å². The predicted octanol–water partition coefficient (Wildman–Crippen LogP) is 3.43. The molecule has 108 valence electrons. The van der Waals surface area contributed by atoms with Crippen molar-refractivity contribution in [1.29, 1.82) is 0 Å². The summed E-state index contributed by atoms with van der Waals surface area (Å²) in [5.41, 5.74) is 1.37. The van der Waals surface area contributed by atoms with Crippen LogP contribution in [-0.2, 0) is 4.79 Å². The number of alkyl halides is 1. The van der Waals surface area contributed by atoms with Crippen molar-refractivity contribution >= 4 is 28.4 Å². The minimum atomic E-state index is -0.102. The predicted molar refractivity (Wildman–Crippen MR) is 86.6 cm³/mol. The summed E-state index contributed by atoms with van der Waals surface area (Å²) in [7, 11) is 0. The van der Waals surface area contributed by atoms with Crippen LogP contribution < -0.4 is 0 Å². The molecule has 0 aromatic carbocycles. The standard InChI is InChI=1S/C17H21IO2/c18-17-8-7-13-12-4-2-11(19)9-10(12)1-3-14(13)15(17)5-6-16(17)20/h2,4,9,12-16,20H,1,3,5-8H2/t12?,13?,14?,15?,16?,17-/m1/s1. The molecule has 0 aromatic heterocycles. The van der Waals surface area contributed by atoms with Crippen molar-refractivity contribution in [3.8, 4) is 0 Å². The normalized spacial score (nSPS) is 50.2. The Bertz CT molecular complexity index is 509. The first kappa shape index (κ1) is 13.5. The van der Waals surface area contributed by atoms with Gasteiger partial charge in [-0.1, -0.05) is 34.2 Å². The second-order valence-electron chi connectivity index (χ2n) is 7.04. The van der Waals surface area contributed by atoms with Crippen molar-refractivity contribution in [3.63, 3.8) is 0 Å². The van der Waals surface area contributed by atoms with Gasteiger partial charge in [-0.2, -0.15) is 0 Å². The Balaban J connectivity index is 1.65. The van der Waals surface area contributed by atoms with Crippen LogP contribution in [0.5, 0.6) is 0 Å². The number of carbonyl (C=O) groups excluding carboxylic acids is 1. The molecule has 0 amide bonds. The van der Waals surface area contributed by atoms with Gasteiger partial charge < -0.3 is 5.11 Å². The number of hydrogen-bond acceptors (Lipinski definition) is 2. The average molecular weight is 384 g/mol. The quantitative estimate of drug-likeness (QED) is 0.513. The van der Waals surface area contributed by atoms with Gasteiger partial charge in [-0.25, -0.2) is 0 Å². The van der Waals surface area contributed by atoms with E-state index in [9.17, 15) is 9.90 Å². The van der Waals surface area contributed by atoms with Crippen molar-refractivity contribution in [2.24, 2.45) is 23.7 Å². The molecule has 0 saturated heterocycles. The number of hydrogen-bond donors (Lipinski definition) is 1. The van der Waals surface area contributed by atoms with Crippen LogP contribution in [0.1, 0.15) is 38.5 Å². The fourth-order valence-corrected chi connectivity index (χ4v) is 6.78. The molecule has 3 saturated carbocycles. The minimum absolute atomic E-state index is 0.102. The lowest BCUT2D eigenvalue weighted by molar-refractivity contribution is -0.110. The fraction of sp³-hybridized carbons (Fsp3) is 0.706. The lowest BCUT2D eigenvalue weighted by Crippen LogP contribution is -2.49. The average Bonchev–Trinajstić information content (AvgIpc) is 2.74. The number of fused-ring (bicyclic) bond motifs is 5. The molecule has 0 bridgehead atoms. The summed E-state index contributed by atoms with van der Waals surface area (Å²) >= 11 is 2.57. The molecule has 6 atom stereocenters. The molecule has 0 aliphatic heterocycles. The lowest BCUT2D eigenvalue weighted by atomic mass is 9.57. The van der Waals surface area contributed by atoms with Gasteiger partial charge in [0.2, 0.25) is 0 Å². The second kappa shape index (κ2) is 4.67. The third kappa shape index (κ3) is 1.81. The van der Waals surface area contributed by atoms with Gasteiger partial charge in [-0.15, -0.1) is 0 Å². The molecule has 0 spiro atoms. The number of carbonyl (C=O) groups is 1. The molecule has 3 fully saturated rings. The SMILES string of the molecule is O=C1C=CC2C(=C1)CCC1C2CC[C@]2(I)C(O)CCC12. The van der Waals surface area contributed by atoms with E-state index in [1.165, 1.54) is 24.8 Å². The summed E-state index contributed by atoms with van der Waals surface area (Å²) in [6, 6.07) is 0. The van der Waals surface area contributed by atoms with Crippen LogP contribution in [0.3, 0.4) is 0 Å². The van der Waals surface area contributed by atoms with E-state index in [4.69, 9.17) is 0 Å². The molecular weight excluding hydrogens is 363 g/mol. The molecule has 0 heterocycles. The van der Waals surface area contributed by atoms with Crippen LogP contribution in [0, 0.1) is 23.7 Å². The van der Waals surface area contributed by atoms with Crippen LogP contribution in [0.15, 0.2) is 23.8 Å². The van der Waals surface area contributed by atoms with Gasteiger partial charge in [0.1, 0.15) is 0 Å². The van der Waals surface area contributed by atoms with Gasteiger partial charge in [0, 0.05) is 5.92 Å². The van der Waals surface area contributed by atoms with Crippen LogP contribution >= 0.6 is 22.6 Å². The monoisotopic (exact) mass is 384 g/mol. The van der Waals surface area contributed by atoms with Gasteiger partial charge in [-0.3, -0.25) is 4.79 Å². The Morgan fingerprint density at radius 2 is 2.05 bits per heavy atom. The van der Waals surface area contributed by atoms with Crippen molar-refractivity contribution in [2.45, 2.75) is 48.1 Å². The van der Waals surface area contributed by atoms with Crippen LogP contribution in [0.25, 0.3) is 0 Å². The van der Waals surface area contributed by atoms with E-state index in [-0.39, 0.29) is 15.3 Å². The molecule has 5 unspecified atom stereocenters. The number of allylic oxidation sites excluding steroid dienone is 4. The summed E-state index contributed by atoms with van der Waals surface area (Å²) < 4.78 is 0.133. The summed E-state index contributed by atoms with van der Waals surface area (Å²) in [6.45, 7) is 0. The Labute approximate surface area is 133 Å². The highest BCUT2D eigenvalue weighted by Crippen LogP contribution is 2.60. The summed E-state index contributed by atoms with van der Waals surface area (Å²) in [4.78, 5) is 11.6. The number of halogens is 1. The van der Waals surface area contributed by atoms with Crippen molar-refractivity contribution in [3.05, 3.63) is 23.8 Å². The maximum atomic E-state index is 11.6. The van der Waals surface area contributed by atoms with Crippen LogP contribution in [-0.4, -0.2) is 20.4 Å². The molecule has 1 N–H and O–H groups in total. The van der Waals surface area contributed by atoms with Crippen molar-refractivity contribution < 1.29 is 9.90 Å². The van der Waals surface area contributed by atoms with Crippen molar-refractivity contribution in [1.82, 2.24) is 0 Å². The first-order chi connectivity index (χ1) is 9.59. The van der Waals surface area contributed by atoms with Gasteiger partial charge in [0.25, 0.3) is 0 Å². The molecule has 0 aromatic rings. The number of ketones is 1. The molecule has 4 aliphatic carbocycles. The molecule has 0 radical (unpaired) electrons. The van der Waals surface area contributed by atoms with Crippen molar-refractivity contribution in [2.75, 3.05) is 0 Å². The zero-order valence-corrected chi connectivity index (χ0v) is 13.8. The van der Waals surface area contributed by atoms with Gasteiger partial charge >= 0.3 is 0 Å². The Morgan fingerprint density at radius 3 is 2.90 bits per heavy atom. The molecule has 3 heteroatoms. The zero-order valence-electron chi connectivity index (χ0n) is 11.6. The van der Waals surface area contributed by atoms with E-state index >= 15 is 0 Å². The number of rotatable bonds is 0. The minimum Gasteiger partial charge on any atom is -0.392 e. The largest absolute Gasteiger partial charge is 0.392 e. The maximum absolute atomic E-state index is 11.6. The Morgan fingerprint density at radius 1 is 1.20 bits per heavy atom. The van der Waals surface area contributed by atoms with Gasteiger partial charge in [0.05, 0.1) is 9.53 Å². The van der Waals surface area contributed by atoms with E-state index in [1.807, 2.05) is 6.08 Å². The third-order valence-electron chi connectivity index (χ3n) is 6.30. The number of aliphatic hydroxyl groups excluding tert-OH is 1. The molecule has 20 heavy (non-hydrogen) atoms. The first-order valence-electron chi connectivity index (χ1n) is 7.89. The van der Waals surface area contributed by atoms with Gasteiger partial charge in [0.15, 0.2) is 5.78 Å². The molecular formula is C17H21IO2. The van der Waals surface area contributed by atoms with Crippen LogP contribution in [0.2, 0.25) is 0 Å². The van der Waals surface area contributed by atoms with Gasteiger partial charge in [-0.05, 0) is 68.4 Å². The third-order valence-corrected chi connectivity index (χ3v) is 8.36. The van der Waals surface area contributed by atoms with E-state index in [0.29, 0.717) is 17.8 Å². The lowest BCUT2D eigenvalue weighted by Gasteiger charge is -2.51. The molecule has 4 rings (SSSR count). The maximum Gasteiger partial charge on any atom is 0.178 e. The summed E-state index contributed by atoms with van der Waals surface area (Å²) in [6.07, 6.45) is 12.6. The fourth-order valence-electron chi connectivity index (χ4n) is 5.39. The molecule has 4 aliphatic rings. The van der Waals surface area contributed by atoms with E-state index in [2.05, 4.69) is 28.7 Å². The zero-order chi connectivity index (χ0) is 13.9. The van der Waals surface area contributed by atoms with E-state index in [1.54, 1.807) is 6.08 Å². The van der Waals surface area contributed by atoms with E-state index in [0.717, 1.165) is 25.2 Å². The summed E-state index contributed by atoms with van der Waals surface area (Å²) in [5.74, 6) is 2.81.